The van der Waals surface area contributed by atoms with Gasteiger partial charge in [-0.15, -0.1) is 0 Å². The highest BCUT2D eigenvalue weighted by Crippen LogP contribution is 2.22. The van der Waals surface area contributed by atoms with Crippen LogP contribution in [0.4, 0.5) is 15.9 Å². The van der Waals surface area contributed by atoms with Crippen LogP contribution < -0.4 is 5.32 Å². The topological polar surface area (TPSA) is 37.8 Å². The minimum atomic E-state index is -0.236. The van der Waals surface area contributed by atoms with Gasteiger partial charge in [-0.2, -0.15) is 0 Å². The van der Waals surface area contributed by atoms with Gasteiger partial charge in [0.1, 0.15) is 18.0 Å². The molecule has 0 aliphatic rings. The average molecular weight is 329 g/mol. The molecule has 5 heteroatoms. The van der Waals surface area contributed by atoms with Crippen LogP contribution in [-0.4, -0.2) is 9.97 Å². The van der Waals surface area contributed by atoms with E-state index in [9.17, 15) is 4.39 Å². The summed E-state index contributed by atoms with van der Waals surface area (Å²) >= 11 is 2.14. The first-order chi connectivity index (χ1) is 7.66. The van der Waals surface area contributed by atoms with E-state index in [-0.39, 0.29) is 5.82 Å². The van der Waals surface area contributed by atoms with E-state index >= 15 is 0 Å². The molecular formula is C11H9FIN3. The van der Waals surface area contributed by atoms with Gasteiger partial charge in [0.05, 0.1) is 3.57 Å². The van der Waals surface area contributed by atoms with Crippen LogP contribution in [0.25, 0.3) is 0 Å². The van der Waals surface area contributed by atoms with Crippen molar-refractivity contribution in [1.82, 2.24) is 9.97 Å². The molecule has 2 rings (SSSR count). The number of halogens is 2. The zero-order valence-electron chi connectivity index (χ0n) is 8.54. The number of nitrogens with zero attached hydrogens (tertiary/aromatic N) is 2. The minimum Gasteiger partial charge on any atom is -0.339 e. The van der Waals surface area contributed by atoms with Crippen molar-refractivity contribution < 1.29 is 4.39 Å². The molecule has 1 heterocycles. The highest BCUT2D eigenvalue weighted by molar-refractivity contribution is 14.1. The number of anilines is 2. The first-order valence-electron chi connectivity index (χ1n) is 4.65. The van der Waals surface area contributed by atoms with Gasteiger partial charge in [-0.25, -0.2) is 14.4 Å². The Hall–Kier alpha value is -1.24. The van der Waals surface area contributed by atoms with Crippen LogP contribution in [-0.2, 0) is 0 Å². The number of hydrogen-bond acceptors (Lipinski definition) is 3. The Bertz CT molecular complexity index is 516. The maximum Gasteiger partial charge on any atom is 0.147 e. The molecule has 0 saturated carbocycles. The molecule has 0 aliphatic carbocycles. The summed E-state index contributed by atoms with van der Waals surface area (Å²) in [6.45, 7) is 1.85. The number of benzene rings is 1. The van der Waals surface area contributed by atoms with Crippen molar-refractivity contribution in [2.45, 2.75) is 6.92 Å². The molecule has 0 atom stereocenters. The van der Waals surface area contributed by atoms with Gasteiger partial charge in [-0.1, -0.05) is 0 Å². The van der Waals surface area contributed by atoms with Gasteiger partial charge < -0.3 is 5.32 Å². The Balaban J connectivity index is 2.31. The zero-order chi connectivity index (χ0) is 11.5. The standard InChI is InChI=1S/C11H9FIN3/c1-7-4-8(12)2-3-10(7)16-11-9(13)5-14-6-15-11/h2-6H,1H3,(H,14,15,16). The van der Waals surface area contributed by atoms with Crippen molar-refractivity contribution in [1.29, 1.82) is 0 Å². The quantitative estimate of drug-likeness (QED) is 0.860. The summed E-state index contributed by atoms with van der Waals surface area (Å²) in [6, 6.07) is 4.60. The minimum absolute atomic E-state index is 0.236. The van der Waals surface area contributed by atoms with Crippen molar-refractivity contribution in [2.24, 2.45) is 0 Å². The predicted molar refractivity (Wildman–Crippen MR) is 69.2 cm³/mol. The lowest BCUT2D eigenvalue weighted by Gasteiger charge is -2.09. The molecule has 0 aliphatic heterocycles. The Kier molecular flexibility index (Phi) is 3.33. The molecule has 16 heavy (non-hydrogen) atoms. The number of aryl methyl sites for hydroxylation is 1. The summed E-state index contributed by atoms with van der Waals surface area (Å²) < 4.78 is 13.8. The number of hydrogen-bond donors (Lipinski definition) is 1. The predicted octanol–water partition coefficient (Wildman–Crippen LogP) is 3.27. The third kappa shape index (κ3) is 2.46. The molecule has 1 aromatic heterocycles. The van der Waals surface area contributed by atoms with Gasteiger partial charge in [-0.05, 0) is 53.3 Å². The van der Waals surface area contributed by atoms with E-state index < -0.39 is 0 Å². The summed E-state index contributed by atoms with van der Waals surface area (Å²) in [7, 11) is 0. The molecule has 0 fully saturated rings. The fraction of sp³-hybridized carbons (Fsp3) is 0.0909. The van der Waals surface area contributed by atoms with Gasteiger partial charge in [0.25, 0.3) is 0 Å². The lowest BCUT2D eigenvalue weighted by atomic mass is 10.2. The Morgan fingerprint density at radius 1 is 1.38 bits per heavy atom. The molecule has 0 bridgehead atoms. The average Bonchev–Trinajstić information content (AvgIpc) is 2.25. The van der Waals surface area contributed by atoms with Crippen LogP contribution in [0.3, 0.4) is 0 Å². The SMILES string of the molecule is Cc1cc(F)ccc1Nc1ncncc1I. The summed E-state index contributed by atoms with van der Waals surface area (Å²) in [5.74, 6) is 0.491. The van der Waals surface area contributed by atoms with Crippen LogP contribution in [0.5, 0.6) is 0 Å². The lowest BCUT2D eigenvalue weighted by Crippen LogP contribution is -1.98. The van der Waals surface area contributed by atoms with Gasteiger partial charge >= 0.3 is 0 Å². The molecule has 0 spiro atoms. The highest BCUT2D eigenvalue weighted by Gasteiger charge is 2.04. The fourth-order valence-electron chi connectivity index (χ4n) is 1.30. The molecule has 0 unspecified atom stereocenters. The second kappa shape index (κ2) is 4.73. The van der Waals surface area contributed by atoms with Crippen LogP contribution in [0, 0.1) is 16.3 Å². The van der Waals surface area contributed by atoms with Crippen LogP contribution >= 0.6 is 22.6 Å². The van der Waals surface area contributed by atoms with Gasteiger partial charge in [0, 0.05) is 11.9 Å². The summed E-state index contributed by atoms with van der Waals surface area (Å²) in [4.78, 5) is 8.02. The summed E-state index contributed by atoms with van der Waals surface area (Å²) in [5.41, 5.74) is 1.69. The fourth-order valence-corrected chi connectivity index (χ4v) is 1.73. The largest absolute Gasteiger partial charge is 0.339 e. The Labute approximate surface area is 106 Å². The number of nitrogens with one attached hydrogen (secondary N) is 1. The number of aromatic nitrogens is 2. The first-order valence-corrected chi connectivity index (χ1v) is 5.73. The van der Waals surface area contributed by atoms with E-state index in [4.69, 9.17) is 0 Å². The molecular weight excluding hydrogens is 320 g/mol. The molecule has 82 valence electrons. The van der Waals surface area contributed by atoms with Gasteiger partial charge in [0.15, 0.2) is 0 Å². The van der Waals surface area contributed by atoms with Crippen LogP contribution in [0.15, 0.2) is 30.7 Å². The smallest absolute Gasteiger partial charge is 0.147 e. The van der Waals surface area contributed by atoms with Crippen molar-refractivity contribution in [3.05, 3.63) is 45.7 Å². The normalized spacial score (nSPS) is 10.2. The lowest BCUT2D eigenvalue weighted by molar-refractivity contribution is 0.627. The van der Waals surface area contributed by atoms with E-state index in [1.807, 2.05) is 6.92 Å². The van der Waals surface area contributed by atoms with E-state index in [1.165, 1.54) is 18.5 Å². The van der Waals surface area contributed by atoms with Crippen LogP contribution in [0.1, 0.15) is 5.56 Å². The van der Waals surface area contributed by atoms with Gasteiger partial charge in [-0.3, -0.25) is 0 Å². The second-order valence-electron chi connectivity index (χ2n) is 3.30. The van der Waals surface area contributed by atoms with E-state index in [1.54, 1.807) is 12.3 Å². The van der Waals surface area contributed by atoms with Crippen molar-refractivity contribution in [3.63, 3.8) is 0 Å². The molecule has 0 radical (unpaired) electrons. The van der Waals surface area contributed by atoms with E-state index in [0.717, 1.165) is 20.6 Å². The van der Waals surface area contributed by atoms with Crippen molar-refractivity contribution >= 4 is 34.1 Å². The van der Waals surface area contributed by atoms with E-state index in [2.05, 4.69) is 37.9 Å². The number of rotatable bonds is 2. The molecule has 1 aromatic carbocycles. The van der Waals surface area contributed by atoms with Gasteiger partial charge in [0.2, 0.25) is 0 Å². The molecule has 0 amide bonds. The van der Waals surface area contributed by atoms with E-state index in [0.29, 0.717) is 0 Å². The Morgan fingerprint density at radius 2 is 2.19 bits per heavy atom. The monoisotopic (exact) mass is 329 g/mol. The summed E-state index contributed by atoms with van der Waals surface area (Å²) in [5, 5.41) is 3.14. The molecule has 3 nitrogen and oxygen atoms in total. The summed E-state index contributed by atoms with van der Waals surface area (Å²) in [6.07, 6.45) is 3.19. The van der Waals surface area contributed by atoms with Crippen molar-refractivity contribution in [2.75, 3.05) is 5.32 Å². The highest BCUT2D eigenvalue weighted by atomic mass is 127. The maximum atomic E-state index is 12.9. The molecule has 2 aromatic rings. The molecule has 1 N–H and O–H groups in total. The van der Waals surface area contributed by atoms with Crippen molar-refractivity contribution in [3.8, 4) is 0 Å². The third-order valence-corrected chi connectivity index (χ3v) is 2.90. The van der Waals surface area contributed by atoms with Crippen LogP contribution in [0.2, 0.25) is 0 Å². The Morgan fingerprint density at radius 3 is 2.88 bits per heavy atom. The third-order valence-electron chi connectivity index (χ3n) is 2.11. The zero-order valence-corrected chi connectivity index (χ0v) is 10.7. The first kappa shape index (κ1) is 11.3. The molecule has 0 saturated heterocycles. The second-order valence-corrected chi connectivity index (χ2v) is 4.47. The maximum absolute atomic E-state index is 12.9.